The predicted octanol–water partition coefficient (Wildman–Crippen LogP) is 3.29. The number of carbonyl (C=O) groups is 1. The second-order valence-corrected chi connectivity index (χ2v) is 7.92. The molecule has 128 valence electrons. The summed E-state index contributed by atoms with van der Waals surface area (Å²) in [5.74, 6) is 1.37. The number of ether oxygens (including phenoxy) is 1. The third-order valence-corrected chi connectivity index (χ3v) is 4.99. The van der Waals surface area contributed by atoms with E-state index < -0.39 is 5.60 Å². The van der Waals surface area contributed by atoms with Gasteiger partial charge in [-0.15, -0.1) is 0 Å². The van der Waals surface area contributed by atoms with Crippen LogP contribution >= 0.6 is 0 Å². The maximum absolute atomic E-state index is 12.4. The summed E-state index contributed by atoms with van der Waals surface area (Å²) in [5, 5.41) is 3.64. The Hall–Kier alpha value is -1.49. The van der Waals surface area contributed by atoms with Gasteiger partial charge in [0.05, 0.1) is 11.8 Å². The van der Waals surface area contributed by atoms with E-state index in [9.17, 15) is 4.79 Å². The van der Waals surface area contributed by atoms with Gasteiger partial charge in [0, 0.05) is 25.6 Å². The zero-order chi connectivity index (χ0) is 16.7. The van der Waals surface area contributed by atoms with Crippen LogP contribution in [-0.4, -0.2) is 36.2 Å². The number of amides is 1. The number of rotatable bonds is 1. The first-order chi connectivity index (χ1) is 10.8. The smallest absolute Gasteiger partial charge is 0.410 e. The summed E-state index contributed by atoms with van der Waals surface area (Å²) in [5.41, 5.74) is 0.629. The molecule has 3 heterocycles. The maximum Gasteiger partial charge on any atom is 0.410 e. The molecule has 0 bridgehead atoms. The molecule has 1 aromatic heterocycles. The van der Waals surface area contributed by atoms with Crippen LogP contribution < -0.4 is 5.32 Å². The second kappa shape index (κ2) is 5.86. The summed E-state index contributed by atoms with van der Waals surface area (Å²) in [4.78, 5) is 14.3. The van der Waals surface area contributed by atoms with Crippen LogP contribution in [-0.2, 0) is 16.7 Å². The molecule has 0 aliphatic carbocycles. The molecule has 1 aromatic rings. The van der Waals surface area contributed by atoms with Crippen LogP contribution in [0.25, 0.3) is 0 Å². The number of furan rings is 1. The average Bonchev–Trinajstić information content (AvgIpc) is 2.96. The molecule has 2 unspecified atom stereocenters. The molecule has 1 amide bonds. The topological polar surface area (TPSA) is 54.7 Å². The van der Waals surface area contributed by atoms with Crippen LogP contribution in [0.1, 0.15) is 51.9 Å². The van der Waals surface area contributed by atoms with Gasteiger partial charge in [0.2, 0.25) is 0 Å². The van der Waals surface area contributed by atoms with Gasteiger partial charge in [-0.05, 0) is 58.6 Å². The standard InChI is InChI=1S/C18H28N2O3/c1-17(2,3)23-16(21)20-10-5-6-14(12-20)18(4)15-13(7-9-19-18)8-11-22-15/h8,11,14,19H,5-7,9-10,12H2,1-4H3. The summed E-state index contributed by atoms with van der Waals surface area (Å²) in [6.45, 7) is 10.4. The number of carbonyl (C=O) groups excluding carboxylic acids is 1. The normalized spacial score (nSPS) is 28.3. The van der Waals surface area contributed by atoms with Crippen molar-refractivity contribution in [3.63, 3.8) is 0 Å². The van der Waals surface area contributed by atoms with Crippen molar-refractivity contribution in [3.8, 4) is 0 Å². The van der Waals surface area contributed by atoms with E-state index in [-0.39, 0.29) is 11.6 Å². The predicted molar refractivity (Wildman–Crippen MR) is 88.3 cm³/mol. The fourth-order valence-corrected chi connectivity index (χ4v) is 3.80. The van der Waals surface area contributed by atoms with E-state index in [1.807, 2.05) is 25.7 Å². The Labute approximate surface area is 138 Å². The summed E-state index contributed by atoms with van der Waals surface area (Å²) in [6.07, 6.45) is 4.66. The van der Waals surface area contributed by atoms with Gasteiger partial charge in [-0.1, -0.05) is 0 Å². The van der Waals surface area contributed by atoms with Crippen molar-refractivity contribution in [2.24, 2.45) is 5.92 Å². The van der Waals surface area contributed by atoms with Crippen molar-refractivity contribution in [3.05, 3.63) is 23.7 Å². The molecule has 5 heteroatoms. The SMILES string of the molecule is CC(C)(C)OC(=O)N1CCCC(C2(C)NCCc3ccoc32)C1. The Morgan fingerprint density at radius 3 is 3.00 bits per heavy atom. The molecule has 0 spiro atoms. The summed E-state index contributed by atoms with van der Waals surface area (Å²) < 4.78 is 11.3. The van der Waals surface area contributed by atoms with Crippen LogP contribution in [0, 0.1) is 5.92 Å². The number of hydrogen-bond acceptors (Lipinski definition) is 4. The zero-order valence-electron chi connectivity index (χ0n) is 14.6. The van der Waals surface area contributed by atoms with E-state index in [1.165, 1.54) is 5.56 Å². The van der Waals surface area contributed by atoms with Gasteiger partial charge < -0.3 is 19.4 Å². The van der Waals surface area contributed by atoms with Gasteiger partial charge in [0.1, 0.15) is 11.4 Å². The van der Waals surface area contributed by atoms with E-state index in [4.69, 9.17) is 9.15 Å². The Kier molecular flexibility index (Phi) is 4.17. The molecule has 0 aromatic carbocycles. The lowest BCUT2D eigenvalue weighted by Crippen LogP contribution is -2.55. The van der Waals surface area contributed by atoms with E-state index >= 15 is 0 Å². The van der Waals surface area contributed by atoms with Crippen LogP contribution in [0.5, 0.6) is 0 Å². The molecule has 1 fully saturated rings. The van der Waals surface area contributed by atoms with Gasteiger partial charge in [0.15, 0.2) is 0 Å². The van der Waals surface area contributed by atoms with Gasteiger partial charge in [-0.25, -0.2) is 4.79 Å². The van der Waals surface area contributed by atoms with Crippen molar-refractivity contribution >= 4 is 6.09 Å². The highest BCUT2D eigenvalue weighted by Gasteiger charge is 2.44. The highest BCUT2D eigenvalue weighted by atomic mass is 16.6. The van der Waals surface area contributed by atoms with Gasteiger partial charge in [-0.2, -0.15) is 0 Å². The monoisotopic (exact) mass is 320 g/mol. The van der Waals surface area contributed by atoms with Crippen molar-refractivity contribution < 1.29 is 13.9 Å². The van der Waals surface area contributed by atoms with Crippen molar-refractivity contribution in [1.29, 1.82) is 0 Å². The molecule has 2 atom stereocenters. The molecule has 1 N–H and O–H groups in total. The number of piperidine rings is 1. The highest BCUT2D eigenvalue weighted by Crippen LogP contribution is 2.39. The first-order valence-electron chi connectivity index (χ1n) is 8.59. The number of nitrogens with zero attached hydrogens (tertiary/aromatic N) is 1. The van der Waals surface area contributed by atoms with Crippen molar-refractivity contribution in [2.45, 2.75) is 58.1 Å². The van der Waals surface area contributed by atoms with Crippen LogP contribution in [0.4, 0.5) is 4.79 Å². The first kappa shape index (κ1) is 16.4. The third-order valence-electron chi connectivity index (χ3n) is 4.99. The quantitative estimate of drug-likeness (QED) is 0.863. The lowest BCUT2D eigenvalue weighted by molar-refractivity contribution is 0.00739. The fraction of sp³-hybridized carbons (Fsp3) is 0.722. The molecule has 0 radical (unpaired) electrons. The van der Waals surface area contributed by atoms with Crippen LogP contribution in [0.2, 0.25) is 0 Å². The van der Waals surface area contributed by atoms with E-state index in [0.29, 0.717) is 12.5 Å². The molecule has 2 aliphatic rings. The van der Waals surface area contributed by atoms with Crippen molar-refractivity contribution in [1.82, 2.24) is 10.2 Å². The fourth-order valence-electron chi connectivity index (χ4n) is 3.80. The molecule has 0 saturated carbocycles. The van der Waals surface area contributed by atoms with Crippen LogP contribution in [0.15, 0.2) is 16.7 Å². The Balaban J connectivity index is 1.76. The zero-order valence-corrected chi connectivity index (χ0v) is 14.6. The van der Waals surface area contributed by atoms with E-state index in [1.54, 1.807) is 6.26 Å². The van der Waals surface area contributed by atoms with Crippen molar-refractivity contribution in [2.75, 3.05) is 19.6 Å². The number of hydrogen-bond donors (Lipinski definition) is 1. The average molecular weight is 320 g/mol. The van der Waals surface area contributed by atoms with Crippen LogP contribution in [0.3, 0.4) is 0 Å². The number of fused-ring (bicyclic) bond motifs is 1. The van der Waals surface area contributed by atoms with Gasteiger partial charge in [0.25, 0.3) is 0 Å². The summed E-state index contributed by atoms with van der Waals surface area (Å²) in [7, 11) is 0. The van der Waals surface area contributed by atoms with Gasteiger partial charge in [-0.3, -0.25) is 0 Å². The second-order valence-electron chi connectivity index (χ2n) is 7.92. The largest absolute Gasteiger partial charge is 0.467 e. The lowest BCUT2D eigenvalue weighted by Gasteiger charge is -2.45. The molecule has 1 saturated heterocycles. The maximum atomic E-state index is 12.4. The van der Waals surface area contributed by atoms with Gasteiger partial charge >= 0.3 is 6.09 Å². The lowest BCUT2D eigenvalue weighted by atomic mass is 9.75. The third kappa shape index (κ3) is 3.25. The molecule has 23 heavy (non-hydrogen) atoms. The number of likely N-dealkylation sites (tertiary alicyclic amines) is 1. The number of nitrogens with one attached hydrogen (secondary N) is 1. The summed E-state index contributed by atoms with van der Waals surface area (Å²) in [6, 6.07) is 2.07. The van der Waals surface area contributed by atoms with E-state index in [0.717, 1.165) is 38.1 Å². The minimum atomic E-state index is -0.453. The molecule has 2 aliphatic heterocycles. The Bertz CT molecular complexity index is 575. The van der Waals surface area contributed by atoms with E-state index in [2.05, 4.69) is 18.3 Å². The molecule has 3 rings (SSSR count). The minimum absolute atomic E-state index is 0.207. The molecular weight excluding hydrogens is 292 g/mol. The molecular formula is C18H28N2O3. The highest BCUT2D eigenvalue weighted by molar-refractivity contribution is 5.68. The molecule has 5 nitrogen and oxygen atoms in total. The Morgan fingerprint density at radius 1 is 1.48 bits per heavy atom. The Morgan fingerprint density at radius 2 is 2.26 bits per heavy atom. The first-order valence-corrected chi connectivity index (χ1v) is 8.59. The summed E-state index contributed by atoms with van der Waals surface area (Å²) >= 11 is 0. The minimum Gasteiger partial charge on any atom is -0.467 e.